The molecule has 0 atom stereocenters. The van der Waals surface area contributed by atoms with Gasteiger partial charge in [-0.1, -0.05) is 0 Å². The Morgan fingerprint density at radius 3 is 2.43 bits per heavy atom. The zero-order valence-electron chi connectivity index (χ0n) is 8.17. The normalized spacial score (nSPS) is 11.5. The van der Waals surface area contributed by atoms with Gasteiger partial charge in [-0.2, -0.15) is 8.78 Å². The van der Waals surface area contributed by atoms with Crippen LogP contribution in [-0.4, -0.2) is 25.6 Å². The summed E-state index contributed by atoms with van der Waals surface area (Å²) in [7, 11) is 3.59. The molecule has 0 aromatic carbocycles. The van der Waals surface area contributed by atoms with Crippen molar-refractivity contribution in [2.75, 3.05) is 25.5 Å². The summed E-state index contributed by atoms with van der Waals surface area (Å²) in [6, 6.07) is 2.88. The molecule has 0 aliphatic carbocycles. The number of nitrogens with two attached hydrogens (primary N) is 1. The van der Waals surface area contributed by atoms with E-state index in [0.717, 1.165) is 6.20 Å². The monoisotopic (exact) mass is 201 g/mol. The van der Waals surface area contributed by atoms with Crippen LogP contribution >= 0.6 is 0 Å². The van der Waals surface area contributed by atoms with Gasteiger partial charge in [0.25, 0.3) is 5.92 Å². The number of halogens is 2. The molecule has 1 rings (SSSR count). The van der Waals surface area contributed by atoms with E-state index in [4.69, 9.17) is 5.73 Å². The van der Waals surface area contributed by atoms with Crippen molar-refractivity contribution in [2.45, 2.75) is 5.92 Å². The molecule has 2 N–H and O–H groups in total. The number of hydrogen-bond acceptors (Lipinski definition) is 3. The van der Waals surface area contributed by atoms with Gasteiger partial charge in [-0.05, 0) is 12.1 Å². The number of rotatable bonds is 3. The lowest BCUT2D eigenvalue weighted by molar-refractivity contribution is 0.00563. The second-order valence-corrected chi connectivity index (χ2v) is 3.21. The van der Waals surface area contributed by atoms with Crippen LogP contribution in [0.2, 0.25) is 0 Å². The van der Waals surface area contributed by atoms with Crippen molar-refractivity contribution in [3.8, 4) is 0 Å². The molecule has 1 heterocycles. The van der Waals surface area contributed by atoms with E-state index in [-0.39, 0.29) is 5.56 Å². The lowest BCUT2D eigenvalue weighted by Gasteiger charge is -2.15. The van der Waals surface area contributed by atoms with Crippen molar-refractivity contribution in [3.05, 3.63) is 23.9 Å². The molecule has 78 valence electrons. The molecule has 0 aliphatic heterocycles. The van der Waals surface area contributed by atoms with Gasteiger partial charge in [-0.3, -0.25) is 0 Å². The Morgan fingerprint density at radius 1 is 1.43 bits per heavy atom. The fraction of sp³-hybridized carbons (Fsp3) is 0.444. The fourth-order valence-electron chi connectivity index (χ4n) is 0.985. The lowest BCUT2D eigenvalue weighted by Crippen LogP contribution is -2.25. The van der Waals surface area contributed by atoms with E-state index in [0.29, 0.717) is 5.82 Å². The highest BCUT2D eigenvalue weighted by atomic mass is 19.3. The Morgan fingerprint density at radius 2 is 2.07 bits per heavy atom. The number of aromatic nitrogens is 1. The van der Waals surface area contributed by atoms with E-state index in [1.807, 2.05) is 0 Å². The van der Waals surface area contributed by atoms with E-state index in [9.17, 15) is 8.78 Å². The van der Waals surface area contributed by atoms with Crippen LogP contribution < -0.4 is 10.6 Å². The first-order valence-electron chi connectivity index (χ1n) is 4.19. The second-order valence-electron chi connectivity index (χ2n) is 3.21. The predicted molar refractivity (Wildman–Crippen MR) is 51.5 cm³/mol. The molecule has 1 aromatic rings. The lowest BCUT2D eigenvalue weighted by atomic mass is 10.1. The maximum absolute atomic E-state index is 13.0. The van der Waals surface area contributed by atoms with Gasteiger partial charge in [-0.15, -0.1) is 0 Å². The van der Waals surface area contributed by atoms with Crippen LogP contribution in [0.5, 0.6) is 0 Å². The number of nitrogens with zero attached hydrogens (tertiary/aromatic N) is 2. The smallest absolute Gasteiger partial charge is 0.286 e. The fourth-order valence-corrected chi connectivity index (χ4v) is 0.985. The molecule has 0 spiro atoms. The maximum atomic E-state index is 13.0. The zero-order chi connectivity index (χ0) is 10.8. The van der Waals surface area contributed by atoms with Crippen LogP contribution in [0.15, 0.2) is 18.3 Å². The van der Waals surface area contributed by atoms with E-state index in [2.05, 4.69) is 4.98 Å². The van der Waals surface area contributed by atoms with Crippen LogP contribution in [0.25, 0.3) is 0 Å². The number of alkyl halides is 2. The molecular formula is C9H13F2N3. The first-order chi connectivity index (χ1) is 6.47. The van der Waals surface area contributed by atoms with Crippen molar-refractivity contribution in [3.63, 3.8) is 0 Å². The maximum Gasteiger partial charge on any atom is 0.286 e. The molecule has 0 fully saturated rings. The minimum absolute atomic E-state index is 0.148. The summed E-state index contributed by atoms with van der Waals surface area (Å²) in [5.74, 6) is -2.35. The highest BCUT2D eigenvalue weighted by Crippen LogP contribution is 2.26. The third kappa shape index (κ3) is 2.17. The van der Waals surface area contributed by atoms with E-state index in [1.165, 1.54) is 6.07 Å². The van der Waals surface area contributed by atoms with Gasteiger partial charge in [0.15, 0.2) is 0 Å². The van der Waals surface area contributed by atoms with Crippen molar-refractivity contribution >= 4 is 5.82 Å². The molecule has 14 heavy (non-hydrogen) atoms. The van der Waals surface area contributed by atoms with Crippen LogP contribution in [0.4, 0.5) is 14.6 Å². The average Bonchev–Trinajstić information content (AvgIpc) is 2.18. The summed E-state index contributed by atoms with van der Waals surface area (Å²) in [6.45, 7) is -0.698. The average molecular weight is 201 g/mol. The summed E-state index contributed by atoms with van der Waals surface area (Å²) in [6.07, 6.45) is 1.15. The minimum atomic E-state index is -2.99. The summed E-state index contributed by atoms with van der Waals surface area (Å²) in [4.78, 5) is 5.62. The number of hydrogen-bond donors (Lipinski definition) is 1. The topological polar surface area (TPSA) is 42.1 Å². The van der Waals surface area contributed by atoms with Gasteiger partial charge in [-0.25, -0.2) is 4.98 Å². The Kier molecular flexibility index (Phi) is 3.00. The van der Waals surface area contributed by atoms with Crippen molar-refractivity contribution in [1.29, 1.82) is 0 Å². The molecule has 0 saturated heterocycles. The van der Waals surface area contributed by atoms with Crippen LogP contribution in [0, 0.1) is 0 Å². The summed E-state index contributed by atoms with van der Waals surface area (Å²) < 4.78 is 26.1. The largest absolute Gasteiger partial charge is 0.363 e. The number of anilines is 1. The van der Waals surface area contributed by atoms with Crippen molar-refractivity contribution < 1.29 is 8.78 Å². The molecule has 0 radical (unpaired) electrons. The van der Waals surface area contributed by atoms with Crippen LogP contribution in [0.1, 0.15) is 5.56 Å². The van der Waals surface area contributed by atoms with Crippen LogP contribution in [0.3, 0.4) is 0 Å². The van der Waals surface area contributed by atoms with Crippen molar-refractivity contribution in [2.24, 2.45) is 5.73 Å². The quantitative estimate of drug-likeness (QED) is 0.799. The van der Waals surface area contributed by atoms with Gasteiger partial charge < -0.3 is 10.6 Å². The van der Waals surface area contributed by atoms with Gasteiger partial charge in [0.1, 0.15) is 5.82 Å². The Hall–Kier alpha value is -1.23. The summed E-state index contributed by atoms with van der Waals surface area (Å²) in [5, 5.41) is 0. The van der Waals surface area contributed by atoms with Gasteiger partial charge in [0.2, 0.25) is 0 Å². The predicted octanol–water partition coefficient (Wildman–Crippen LogP) is 1.20. The standard InChI is InChI=1S/C9H13F2N3/c1-14(2)8-4-3-7(5-13-8)9(10,11)6-12/h3-5H,6,12H2,1-2H3. The highest BCUT2D eigenvalue weighted by molar-refractivity contribution is 5.38. The third-order valence-corrected chi connectivity index (χ3v) is 1.88. The molecule has 0 amide bonds. The van der Waals surface area contributed by atoms with E-state index >= 15 is 0 Å². The first-order valence-corrected chi connectivity index (χ1v) is 4.19. The van der Waals surface area contributed by atoms with Crippen LogP contribution in [-0.2, 0) is 5.92 Å². The zero-order valence-corrected chi connectivity index (χ0v) is 8.17. The highest BCUT2D eigenvalue weighted by Gasteiger charge is 2.29. The number of pyridine rings is 1. The SMILES string of the molecule is CN(C)c1ccc(C(F)(F)CN)cn1. The molecule has 0 bridgehead atoms. The minimum Gasteiger partial charge on any atom is -0.363 e. The first kappa shape index (κ1) is 10.8. The van der Waals surface area contributed by atoms with Gasteiger partial charge >= 0.3 is 0 Å². The molecule has 0 saturated carbocycles. The Balaban J connectivity index is 2.94. The molecule has 0 unspecified atom stereocenters. The second kappa shape index (κ2) is 3.88. The molecular weight excluding hydrogens is 188 g/mol. The molecule has 5 heteroatoms. The summed E-state index contributed by atoms with van der Waals surface area (Å²) >= 11 is 0. The Labute approximate surface area is 81.5 Å². The Bertz CT molecular complexity index is 295. The molecule has 0 aliphatic rings. The van der Waals surface area contributed by atoms with Gasteiger partial charge in [0.05, 0.1) is 6.54 Å². The van der Waals surface area contributed by atoms with E-state index in [1.54, 1.807) is 25.1 Å². The van der Waals surface area contributed by atoms with Gasteiger partial charge in [0, 0.05) is 25.9 Å². The third-order valence-electron chi connectivity index (χ3n) is 1.88. The summed E-state index contributed by atoms with van der Waals surface area (Å²) in [5.41, 5.74) is 4.80. The molecule has 1 aromatic heterocycles. The molecule has 3 nitrogen and oxygen atoms in total. The van der Waals surface area contributed by atoms with E-state index < -0.39 is 12.5 Å². The van der Waals surface area contributed by atoms with Crippen molar-refractivity contribution in [1.82, 2.24) is 4.98 Å².